The second-order valence-electron chi connectivity index (χ2n) is 7.43. The zero-order chi connectivity index (χ0) is 21.8. The molecular weight excluding hydrogens is 397 g/mol. The first-order chi connectivity index (χ1) is 15.0. The Hall–Kier alpha value is -3.70. The second-order valence-corrected chi connectivity index (χ2v) is 7.43. The van der Waals surface area contributed by atoms with Crippen molar-refractivity contribution in [2.45, 2.75) is 6.61 Å². The molecule has 2 heterocycles. The summed E-state index contributed by atoms with van der Waals surface area (Å²) < 4.78 is 18.4. The topological polar surface area (TPSA) is 81.0 Å². The van der Waals surface area contributed by atoms with E-state index in [-0.39, 0.29) is 18.0 Å². The van der Waals surface area contributed by atoms with Crippen molar-refractivity contribution in [3.63, 3.8) is 0 Å². The number of para-hydroxylation sites is 2. The molecule has 0 unspecified atom stereocenters. The lowest BCUT2D eigenvalue weighted by Gasteiger charge is -2.36. The fraction of sp³-hybridized carbons (Fsp3) is 0.261. The molecule has 1 saturated heterocycles. The average molecular weight is 419 g/mol. The van der Waals surface area contributed by atoms with Crippen LogP contribution >= 0.6 is 0 Å². The van der Waals surface area contributed by atoms with Gasteiger partial charge in [0, 0.05) is 26.2 Å². The van der Waals surface area contributed by atoms with Crippen molar-refractivity contribution in [1.82, 2.24) is 9.80 Å². The number of amidine groups is 1. The van der Waals surface area contributed by atoms with Gasteiger partial charge in [-0.2, -0.15) is 5.26 Å². The van der Waals surface area contributed by atoms with E-state index in [0.29, 0.717) is 17.1 Å². The van der Waals surface area contributed by atoms with Gasteiger partial charge in [0.15, 0.2) is 11.4 Å². The number of fused-ring (bicyclic) bond motifs is 1. The Morgan fingerprint density at radius 1 is 1.16 bits per heavy atom. The van der Waals surface area contributed by atoms with Crippen LogP contribution in [0.5, 0.6) is 0 Å². The minimum Gasteiger partial charge on any atom is -0.457 e. The normalized spacial score (nSPS) is 17.7. The van der Waals surface area contributed by atoms with Gasteiger partial charge in [-0.05, 0) is 36.9 Å². The first-order valence-corrected chi connectivity index (χ1v) is 9.99. The van der Waals surface area contributed by atoms with E-state index in [1.807, 2.05) is 30.3 Å². The minimum atomic E-state index is -0.754. The first-order valence-electron chi connectivity index (χ1n) is 9.99. The van der Waals surface area contributed by atoms with Gasteiger partial charge >= 0.3 is 5.97 Å². The predicted molar refractivity (Wildman–Crippen MR) is 115 cm³/mol. The van der Waals surface area contributed by atoms with Gasteiger partial charge in [0.25, 0.3) is 0 Å². The average Bonchev–Trinajstić information content (AvgIpc) is 2.79. The SMILES string of the molecule is CN1CCN(C2=Nc3ccccc3N/C2=C(/C#N)C(=O)OCc2ccc(F)cc2)CC1. The Labute approximate surface area is 180 Å². The molecule has 0 radical (unpaired) electrons. The highest BCUT2D eigenvalue weighted by Crippen LogP contribution is 2.33. The number of halogens is 1. The molecule has 1 fully saturated rings. The maximum absolute atomic E-state index is 13.1. The molecule has 2 aliphatic rings. The Morgan fingerprint density at radius 3 is 2.58 bits per heavy atom. The third-order valence-corrected chi connectivity index (χ3v) is 5.27. The summed E-state index contributed by atoms with van der Waals surface area (Å²) in [6.07, 6.45) is 0. The lowest BCUT2D eigenvalue weighted by Crippen LogP contribution is -2.49. The molecule has 0 spiro atoms. The number of nitriles is 1. The molecule has 2 aliphatic heterocycles. The molecule has 2 aromatic rings. The summed E-state index contributed by atoms with van der Waals surface area (Å²) in [5.41, 5.74) is 2.29. The van der Waals surface area contributed by atoms with Gasteiger partial charge in [-0.1, -0.05) is 24.3 Å². The number of anilines is 1. The number of rotatable bonds is 3. The molecule has 4 rings (SSSR count). The van der Waals surface area contributed by atoms with Gasteiger partial charge in [-0.3, -0.25) is 0 Å². The summed E-state index contributed by atoms with van der Waals surface area (Å²) in [6, 6.07) is 15.1. The number of aliphatic imine (C=N–C) groups is 1. The van der Waals surface area contributed by atoms with E-state index in [0.717, 1.165) is 37.6 Å². The van der Waals surface area contributed by atoms with Crippen molar-refractivity contribution in [2.75, 3.05) is 38.5 Å². The number of hydrogen-bond acceptors (Lipinski definition) is 7. The molecule has 0 atom stereocenters. The van der Waals surface area contributed by atoms with Crippen molar-refractivity contribution in [3.8, 4) is 6.07 Å². The van der Waals surface area contributed by atoms with Crippen molar-refractivity contribution in [1.29, 1.82) is 5.26 Å². The zero-order valence-corrected chi connectivity index (χ0v) is 17.1. The Kier molecular flexibility index (Phi) is 5.96. The fourth-order valence-electron chi connectivity index (χ4n) is 3.46. The molecule has 2 aromatic carbocycles. The van der Waals surface area contributed by atoms with Crippen LogP contribution in [0.3, 0.4) is 0 Å². The van der Waals surface area contributed by atoms with Crippen molar-refractivity contribution >= 4 is 23.2 Å². The summed E-state index contributed by atoms with van der Waals surface area (Å²) in [5.74, 6) is -0.564. The molecule has 7 nitrogen and oxygen atoms in total. The highest BCUT2D eigenvalue weighted by atomic mass is 19.1. The van der Waals surface area contributed by atoms with Crippen LogP contribution in [0.25, 0.3) is 0 Å². The number of likely N-dealkylation sites (N-methyl/N-ethyl adjacent to an activating group) is 1. The smallest absolute Gasteiger partial charge is 0.351 e. The molecule has 0 aromatic heterocycles. The number of nitrogens with zero attached hydrogens (tertiary/aromatic N) is 4. The van der Waals surface area contributed by atoms with Crippen LogP contribution in [0, 0.1) is 17.1 Å². The number of nitrogens with one attached hydrogen (secondary N) is 1. The van der Waals surface area contributed by atoms with Crippen LogP contribution in [-0.4, -0.2) is 54.8 Å². The lowest BCUT2D eigenvalue weighted by atomic mass is 10.1. The molecule has 31 heavy (non-hydrogen) atoms. The van der Waals surface area contributed by atoms with Crippen LogP contribution in [-0.2, 0) is 16.1 Å². The maximum Gasteiger partial charge on any atom is 0.351 e. The van der Waals surface area contributed by atoms with E-state index >= 15 is 0 Å². The predicted octanol–water partition coefficient (Wildman–Crippen LogP) is 3.05. The highest BCUT2D eigenvalue weighted by molar-refractivity contribution is 6.12. The van der Waals surface area contributed by atoms with Crippen molar-refractivity contribution in [2.24, 2.45) is 4.99 Å². The van der Waals surface area contributed by atoms with E-state index in [1.165, 1.54) is 24.3 Å². The Balaban J connectivity index is 1.64. The van der Waals surface area contributed by atoms with E-state index in [1.54, 1.807) is 0 Å². The fourth-order valence-corrected chi connectivity index (χ4v) is 3.46. The number of ether oxygens (including phenoxy) is 1. The lowest BCUT2D eigenvalue weighted by molar-refractivity contribution is -0.139. The van der Waals surface area contributed by atoms with Gasteiger partial charge in [0.2, 0.25) is 0 Å². The zero-order valence-electron chi connectivity index (χ0n) is 17.1. The quantitative estimate of drug-likeness (QED) is 0.468. The minimum absolute atomic E-state index is 0.0604. The van der Waals surface area contributed by atoms with Crippen molar-refractivity contribution in [3.05, 3.63) is 71.2 Å². The second kappa shape index (κ2) is 8.98. The molecule has 8 heteroatoms. The van der Waals surface area contributed by atoms with Gasteiger partial charge in [-0.25, -0.2) is 14.2 Å². The van der Waals surface area contributed by atoms with E-state index in [4.69, 9.17) is 9.73 Å². The van der Waals surface area contributed by atoms with E-state index in [9.17, 15) is 14.4 Å². The largest absolute Gasteiger partial charge is 0.457 e. The van der Waals surface area contributed by atoms with E-state index in [2.05, 4.69) is 22.2 Å². The number of esters is 1. The number of carbonyl (C=O) groups is 1. The van der Waals surface area contributed by atoms with Crippen LogP contribution < -0.4 is 5.32 Å². The summed E-state index contributed by atoms with van der Waals surface area (Å²) in [4.78, 5) is 21.9. The Morgan fingerprint density at radius 2 is 1.87 bits per heavy atom. The third-order valence-electron chi connectivity index (χ3n) is 5.27. The molecule has 0 saturated carbocycles. The van der Waals surface area contributed by atoms with Crippen LogP contribution in [0.15, 0.2) is 64.8 Å². The third kappa shape index (κ3) is 4.57. The molecule has 0 aliphatic carbocycles. The van der Waals surface area contributed by atoms with Gasteiger partial charge in [0.05, 0.1) is 11.4 Å². The van der Waals surface area contributed by atoms with Crippen LogP contribution in [0.1, 0.15) is 5.56 Å². The number of benzene rings is 2. The number of piperazine rings is 1. The van der Waals surface area contributed by atoms with Gasteiger partial charge < -0.3 is 19.9 Å². The number of carbonyl (C=O) groups excluding carboxylic acids is 1. The summed E-state index contributed by atoms with van der Waals surface area (Å²) in [5, 5.41) is 13.0. The first kappa shape index (κ1) is 20.6. The molecule has 158 valence electrons. The Bertz CT molecular complexity index is 1080. The molecule has 0 bridgehead atoms. The molecule has 0 amide bonds. The van der Waals surface area contributed by atoms with Crippen molar-refractivity contribution < 1.29 is 13.9 Å². The highest BCUT2D eigenvalue weighted by Gasteiger charge is 2.30. The van der Waals surface area contributed by atoms with Gasteiger partial charge in [0.1, 0.15) is 24.2 Å². The molecule has 1 N–H and O–H groups in total. The standard InChI is InChI=1S/C23H22FN5O2/c1-28-10-12-29(13-11-28)22-21(26-19-4-2-3-5-20(19)27-22)18(14-25)23(30)31-15-16-6-8-17(24)9-7-16/h2-9,26H,10-13,15H2,1H3/b21-18-. The van der Waals surface area contributed by atoms with Crippen LogP contribution in [0.4, 0.5) is 15.8 Å². The van der Waals surface area contributed by atoms with Crippen LogP contribution in [0.2, 0.25) is 0 Å². The van der Waals surface area contributed by atoms with E-state index < -0.39 is 5.97 Å². The molecular formula is C23H22FN5O2. The number of hydrogen-bond donors (Lipinski definition) is 1. The summed E-state index contributed by atoms with van der Waals surface area (Å²) in [7, 11) is 2.05. The summed E-state index contributed by atoms with van der Waals surface area (Å²) in [6.45, 7) is 3.10. The maximum atomic E-state index is 13.1. The monoisotopic (exact) mass is 419 g/mol. The van der Waals surface area contributed by atoms with Gasteiger partial charge in [-0.15, -0.1) is 0 Å². The summed E-state index contributed by atoms with van der Waals surface area (Å²) >= 11 is 0.